The van der Waals surface area contributed by atoms with Crippen molar-refractivity contribution in [3.63, 3.8) is 0 Å². The normalized spacial score (nSPS) is 19.5. The lowest BCUT2D eigenvalue weighted by molar-refractivity contribution is -0.121. The molecule has 222 valence electrons. The highest BCUT2D eigenvalue weighted by atomic mass is 32.2. The van der Waals surface area contributed by atoms with Crippen LogP contribution in [-0.2, 0) is 19.0 Å². The Morgan fingerprint density at radius 2 is 1.52 bits per heavy atom. The Balaban J connectivity index is 1.02. The van der Waals surface area contributed by atoms with Crippen molar-refractivity contribution in [3.8, 4) is 0 Å². The fraction of sp³-hybridized carbons (Fsp3) is 0.643. The fourth-order valence-corrected chi connectivity index (χ4v) is 6.04. The Kier molecular flexibility index (Phi) is 14.8. The molecule has 0 aromatic heterocycles. The third kappa shape index (κ3) is 11.8. The van der Waals surface area contributed by atoms with Gasteiger partial charge in [0, 0.05) is 54.9 Å². The van der Waals surface area contributed by atoms with Crippen LogP contribution in [0.25, 0.3) is 0 Å². The summed E-state index contributed by atoms with van der Waals surface area (Å²) in [6, 6.07) is 6.90. The molecule has 11 nitrogen and oxygen atoms in total. The number of fused-ring (bicyclic) bond motifs is 1. The third-order valence-corrected chi connectivity index (χ3v) is 8.18. The number of aldehydes is 1. The number of carbonyl (C=O) groups excluding carboxylic acids is 4. The number of thioether (sulfide) groups is 1. The van der Waals surface area contributed by atoms with Crippen molar-refractivity contribution in [3.05, 3.63) is 35.4 Å². The second-order valence-electron chi connectivity index (χ2n) is 9.76. The van der Waals surface area contributed by atoms with Crippen LogP contribution in [0.5, 0.6) is 0 Å². The lowest BCUT2D eigenvalue weighted by Gasteiger charge is -2.16. The first-order valence-electron chi connectivity index (χ1n) is 14.1. The number of amides is 4. The van der Waals surface area contributed by atoms with E-state index in [4.69, 9.17) is 14.2 Å². The van der Waals surface area contributed by atoms with E-state index in [9.17, 15) is 19.2 Å². The topological polar surface area (TPSA) is 144 Å². The number of nitrogens with one attached hydrogen (secondary N) is 4. The van der Waals surface area contributed by atoms with Gasteiger partial charge in [-0.3, -0.25) is 14.4 Å². The summed E-state index contributed by atoms with van der Waals surface area (Å²) in [5.41, 5.74) is 1.06. The SMILES string of the molecule is O=Cc1ccc(C(=O)NCCCOCCOCCOCCCNC(=O)CCCCC2SC[C@@H]3NC(=O)N[C@H]23)cc1. The number of benzene rings is 1. The molecule has 2 fully saturated rings. The second-order valence-corrected chi connectivity index (χ2v) is 11.0. The molecule has 0 bridgehead atoms. The Morgan fingerprint density at radius 1 is 0.875 bits per heavy atom. The summed E-state index contributed by atoms with van der Waals surface area (Å²) in [6.07, 6.45) is 5.57. The van der Waals surface area contributed by atoms with E-state index in [1.807, 2.05) is 11.8 Å². The molecule has 0 saturated carbocycles. The van der Waals surface area contributed by atoms with Crippen molar-refractivity contribution in [1.29, 1.82) is 0 Å². The monoisotopic (exact) mass is 578 g/mol. The smallest absolute Gasteiger partial charge is 0.315 e. The molecular formula is C28H42N4O7S. The molecule has 2 aliphatic rings. The van der Waals surface area contributed by atoms with Gasteiger partial charge in [-0.2, -0.15) is 11.8 Å². The van der Waals surface area contributed by atoms with Crippen LogP contribution in [0.1, 0.15) is 59.2 Å². The predicted molar refractivity (Wildman–Crippen MR) is 153 cm³/mol. The molecule has 0 spiro atoms. The Morgan fingerprint density at radius 3 is 2.20 bits per heavy atom. The first-order chi connectivity index (χ1) is 19.6. The van der Waals surface area contributed by atoms with Crippen molar-refractivity contribution < 1.29 is 33.4 Å². The van der Waals surface area contributed by atoms with E-state index in [2.05, 4.69) is 21.3 Å². The molecule has 3 rings (SSSR count). The van der Waals surface area contributed by atoms with E-state index in [1.165, 1.54) is 0 Å². The molecule has 2 saturated heterocycles. The fourth-order valence-electron chi connectivity index (χ4n) is 4.50. The highest BCUT2D eigenvalue weighted by molar-refractivity contribution is 8.00. The van der Waals surface area contributed by atoms with Gasteiger partial charge in [0.15, 0.2) is 0 Å². The zero-order valence-corrected chi connectivity index (χ0v) is 23.8. The minimum absolute atomic E-state index is 0.0594. The summed E-state index contributed by atoms with van der Waals surface area (Å²) in [5.74, 6) is 0.861. The maximum absolute atomic E-state index is 12.0. The van der Waals surface area contributed by atoms with E-state index >= 15 is 0 Å². The van der Waals surface area contributed by atoms with E-state index in [0.717, 1.165) is 37.7 Å². The molecule has 0 radical (unpaired) electrons. The summed E-state index contributed by atoms with van der Waals surface area (Å²) in [5, 5.41) is 12.1. The Labute approximate surface area is 240 Å². The quantitative estimate of drug-likeness (QED) is 0.0984. The van der Waals surface area contributed by atoms with Gasteiger partial charge >= 0.3 is 6.03 Å². The minimum Gasteiger partial charge on any atom is -0.379 e. The van der Waals surface area contributed by atoms with Crippen molar-refractivity contribution in [2.75, 3.05) is 58.5 Å². The number of hydrogen-bond acceptors (Lipinski definition) is 8. The van der Waals surface area contributed by atoms with Crippen LogP contribution in [0.2, 0.25) is 0 Å². The molecule has 2 heterocycles. The van der Waals surface area contributed by atoms with Gasteiger partial charge in [0.2, 0.25) is 5.91 Å². The van der Waals surface area contributed by atoms with Crippen LogP contribution >= 0.6 is 11.8 Å². The molecule has 1 aromatic carbocycles. The zero-order chi connectivity index (χ0) is 28.4. The van der Waals surface area contributed by atoms with Crippen LogP contribution in [0.15, 0.2) is 24.3 Å². The molecule has 3 atom stereocenters. The van der Waals surface area contributed by atoms with Crippen LogP contribution in [0, 0.1) is 0 Å². The van der Waals surface area contributed by atoms with Gasteiger partial charge in [-0.25, -0.2) is 4.79 Å². The maximum Gasteiger partial charge on any atom is 0.315 e. The van der Waals surface area contributed by atoms with Crippen molar-refractivity contribution >= 4 is 35.9 Å². The molecule has 4 N–H and O–H groups in total. The standard InChI is InChI=1S/C28H42N4O7S/c33-19-21-7-9-22(10-8-21)27(35)30-12-4-14-38-16-18-39-17-15-37-13-3-11-29-25(34)6-2-1-5-24-26-23(20-40-24)31-28(36)32-26/h7-10,19,23-24,26H,1-6,11-18,20H2,(H,29,34)(H,30,35)(H2,31,32,36)/t23-,24?,26-/m0/s1. The second kappa shape index (κ2) is 18.6. The molecule has 12 heteroatoms. The summed E-state index contributed by atoms with van der Waals surface area (Å²) >= 11 is 1.90. The summed E-state index contributed by atoms with van der Waals surface area (Å²) < 4.78 is 16.5. The van der Waals surface area contributed by atoms with Gasteiger partial charge < -0.3 is 35.5 Å². The number of urea groups is 1. The number of ether oxygens (including phenoxy) is 3. The molecule has 1 aromatic rings. The van der Waals surface area contributed by atoms with E-state index in [1.54, 1.807) is 24.3 Å². The number of carbonyl (C=O) groups is 4. The van der Waals surface area contributed by atoms with Gasteiger partial charge in [0.25, 0.3) is 5.91 Å². The first kappa shape index (κ1) is 31.9. The highest BCUT2D eigenvalue weighted by Gasteiger charge is 2.42. The maximum atomic E-state index is 12.0. The van der Waals surface area contributed by atoms with Gasteiger partial charge in [-0.1, -0.05) is 18.6 Å². The van der Waals surface area contributed by atoms with Gasteiger partial charge in [0.1, 0.15) is 6.29 Å². The predicted octanol–water partition coefficient (Wildman–Crippen LogP) is 1.90. The van der Waals surface area contributed by atoms with Crippen LogP contribution in [0.3, 0.4) is 0 Å². The number of rotatable bonds is 21. The summed E-state index contributed by atoms with van der Waals surface area (Å²) in [4.78, 5) is 46.1. The molecule has 1 unspecified atom stereocenters. The number of unbranched alkanes of at least 4 members (excludes halogenated alkanes) is 1. The molecule has 2 aliphatic heterocycles. The van der Waals surface area contributed by atoms with E-state index in [0.29, 0.717) is 81.9 Å². The van der Waals surface area contributed by atoms with Crippen LogP contribution < -0.4 is 21.3 Å². The van der Waals surface area contributed by atoms with Gasteiger partial charge in [-0.05, 0) is 37.8 Å². The minimum atomic E-state index is -0.175. The number of hydrogen-bond donors (Lipinski definition) is 4. The molecule has 4 amide bonds. The Bertz CT molecular complexity index is 934. The van der Waals surface area contributed by atoms with Crippen LogP contribution in [-0.4, -0.2) is 99.9 Å². The summed E-state index contributed by atoms with van der Waals surface area (Å²) in [6.45, 7) is 4.11. The first-order valence-corrected chi connectivity index (χ1v) is 15.1. The van der Waals surface area contributed by atoms with Crippen molar-refractivity contribution in [2.45, 2.75) is 55.9 Å². The van der Waals surface area contributed by atoms with Gasteiger partial charge in [0.05, 0.1) is 38.5 Å². The Hall–Kier alpha value is -2.67. The van der Waals surface area contributed by atoms with Crippen LogP contribution in [0.4, 0.5) is 4.79 Å². The molecule has 40 heavy (non-hydrogen) atoms. The lowest BCUT2D eigenvalue weighted by atomic mass is 10.0. The highest BCUT2D eigenvalue weighted by Crippen LogP contribution is 2.33. The zero-order valence-electron chi connectivity index (χ0n) is 23.0. The summed E-state index contributed by atoms with van der Waals surface area (Å²) in [7, 11) is 0. The molecular weight excluding hydrogens is 536 g/mol. The van der Waals surface area contributed by atoms with Crippen molar-refractivity contribution in [1.82, 2.24) is 21.3 Å². The largest absolute Gasteiger partial charge is 0.379 e. The van der Waals surface area contributed by atoms with Gasteiger partial charge in [-0.15, -0.1) is 0 Å². The van der Waals surface area contributed by atoms with Crippen molar-refractivity contribution in [2.24, 2.45) is 0 Å². The lowest BCUT2D eigenvalue weighted by Crippen LogP contribution is -2.36. The third-order valence-electron chi connectivity index (χ3n) is 6.67. The average Bonchev–Trinajstić information content (AvgIpc) is 3.52. The van der Waals surface area contributed by atoms with E-state index in [-0.39, 0.29) is 29.9 Å². The molecule has 0 aliphatic carbocycles. The van der Waals surface area contributed by atoms with E-state index < -0.39 is 0 Å². The average molecular weight is 579 g/mol.